The predicted molar refractivity (Wildman–Crippen MR) is 127 cm³/mol. The molecule has 4 rings (SSSR count). The number of hydrogen-bond acceptors (Lipinski definition) is 5. The number of ether oxygens (including phenoxy) is 1. The highest BCUT2D eigenvalue weighted by Gasteiger charge is 2.41. The van der Waals surface area contributed by atoms with Gasteiger partial charge in [-0.05, 0) is 38.7 Å². The number of nitrogens with zero attached hydrogens (tertiary/aromatic N) is 4. The number of carbonyl (C=O) groups is 1. The predicted octanol–water partition coefficient (Wildman–Crippen LogP) is 5.62. The van der Waals surface area contributed by atoms with E-state index in [1.807, 2.05) is 38.1 Å². The van der Waals surface area contributed by atoms with Gasteiger partial charge in [-0.1, -0.05) is 38.0 Å². The maximum absolute atomic E-state index is 13.9. The van der Waals surface area contributed by atoms with Crippen LogP contribution in [0.25, 0.3) is 0 Å². The summed E-state index contributed by atoms with van der Waals surface area (Å²) in [6, 6.07) is 7.44. The van der Waals surface area contributed by atoms with Crippen molar-refractivity contribution in [3.05, 3.63) is 46.8 Å². The van der Waals surface area contributed by atoms with Gasteiger partial charge in [0.05, 0.1) is 16.8 Å². The van der Waals surface area contributed by atoms with Crippen LogP contribution in [0.3, 0.4) is 0 Å². The zero-order valence-corrected chi connectivity index (χ0v) is 20.2. The molecule has 0 unspecified atom stereocenters. The van der Waals surface area contributed by atoms with Gasteiger partial charge in [0.1, 0.15) is 6.61 Å². The fraction of sp³-hybridized carbons (Fsp3) is 0.500. The van der Waals surface area contributed by atoms with E-state index in [0.717, 1.165) is 11.3 Å². The van der Waals surface area contributed by atoms with Gasteiger partial charge in [-0.25, -0.2) is 14.8 Å². The highest BCUT2D eigenvalue weighted by molar-refractivity contribution is 5.91. The standard InChI is InChI=1S/C26H29F3N4O2/c1-5-25(6-2,7-3)21-17(4)22(26(27,28)29)31-23(30-21)32-14-12-19(13-15-32)33-20-11-9-8-10-18(20)16-35-24(33)34/h1,8-11,19H,6-7,12-16H2,2-4H3. The number of benzene rings is 1. The van der Waals surface area contributed by atoms with Crippen LogP contribution < -0.4 is 9.80 Å². The Labute approximate surface area is 203 Å². The van der Waals surface area contributed by atoms with E-state index in [2.05, 4.69) is 15.9 Å². The second-order valence-electron chi connectivity index (χ2n) is 9.05. The van der Waals surface area contributed by atoms with Crippen LogP contribution in [0.4, 0.5) is 29.6 Å². The number of piperidine rings is 1. The van der Waals surface area contributed by atoms with Gasteiger partial charge in [-0.3, -0.25) is 4.90 Å². The number of rotatable bonds is 5. The third-order valence-electron chi connectivity index (χ3n) is 7.25. The van der Waals surface area contributed by atoms with Crippen molar-refractivity contribution >= 4 is 17.7 Å². The molecule has 9 heteroatoms. The summed E-state index contributed by atoms with van der Waals surface area (Å²) in [5.74, 6) is 2.74. The zero-order valence-electron chi connectivity index (χ0n) is 20.2. The van der Waals surface area contributed by atoms with Crippen molar-refractivity contribution in [1.29, 1.82) is 0 Å². The Bertz CT molecular complexity index is 1150. The van der Waals surface area contributed by atoms with Crippen molar-refractivity contribution in [2.24, 2.45) is 0 Å². The molecule has 2 aliphatic heterocycles. The van der Waals surface area contributed by atoms with Gasteiger partial charge < -0.3 is 9.64 Å². The molecule has 2 aromatic rings. The van der Waals surface area contributed by atoms with Gasteiger partial charge in [0, 0.05) is 30.3 Å². The SMILES string of the molecule is C#CC(CC)(CC)c1nc(N2CCC(N3C(=O)OCc4ccccc43)CC2)nc(C(F)(F)F)c1C. The third kappa shape index (κ3) is 4.42. The average Bonchev–Trinajstić information content (AvgIpc) is 2.85. The van der Waals surface area contributed by atoms with Crippen LogP contribution in [0.1, 0.15) is 62.0 Å². The quantitative estimate of drug-likeness (QED) is 0.514. The summed E-state index contributed by atoms with van der Waals surface area (Å²) in [7, 11) is 0. The highest BCUT2D eigenvalue weighted by Crippen LogP contribution is 2.39. The molecule has 6 nitrogen and oxygen atoms in total. The molecular formula is C26H29F3N4O2. The van der Waals surface area contributed by atoms with Crippen molar-refractivity contribution in [2.75, 3.05) is 22.9 Å². The van der Waals surface area contributed by atoms with E-state index in [9.17, 15) is 18.0 Å². The van der Waals surface area contributed by atoms with Gasteiger partial charge in [0.25, 0.3) is 0 Å². The summed E-state index contributed by atoms with van der Waals surface area (Å²) in [6.45, 7) is 6.15. The lowest BCUT2D eigenvalue weighted by Gasteiger charge is -2.40. The Kier molecular flexibility index (Phi) is 6.67. The molecule has 0 saturated carbocycles. The molecule has 0 bridgehead atoms. The van der Waals surface area contributed by atoms with Crippen molar-refractivity contribution in [3.8, 4) is 12.3 Å². The number of carbonyl (C=O) groups excluding carboxylic acids is 1. The molecule has 0 radical (unpaired) electrons. The molecule has 2 aliphatic rings. The number of terminal acetylenes is 1. The summed E-state index contributed by atoms with van der Waals surface area (Å²) in [4.78, 5) is 24.6. The lowest BCUT2D eigenvalue weighted by atomic mass is 9.78. The van der Waals surface area contributed by atoms with Crippen LogP contribution in [0, 0.1) is 19.3 Å². The van der Waals surface area contributed by atoms with Crippen LogP contribution in [-0.4, -0.2) is 35.2 Å². The van der Waals surface area contributed by atoms with Gasteiger partial charge >= 0.3 is 12.3 Å². The van der Waals surface area contributed by atoms with Crippen molar-refractivity contribution < 1.29 is 22.7 Å². The monoisotopic (exact) mass is 486 g/mol. The number of halogens is 3. The van der Waals surface area contributed by atoms with E-state index in [1.165, 1.54) is 6.92 Å². The fourth-order valence-electron chi connectivity index (χ4n) is 5.09. The smallest absolute Gasteiger partial charge is 0.433 e. The molecule has 0 N–H and O–H groups in total. The van der Waals surface area contributed by atoms with E-state index in [1.54, 1.807) is 9.80 Å². The van der Waals surface area contributed by atoms with Crippen LogP contribution in [0.5, 0.6) is 0 Å². The maximum atomic E-state index is 13.9. The number of anilines is 2. The molecular weight excluding hydrogens is 457 g/mol. The van der Waals surface area contributed by atoms with Gasteiger partial charge in [-0.2, -0.15) is 13.2 Å². The number of fused-ring (bicyclic) bond motifs is 1. The van der Waals surface area contributed by atoms with Crippen LogP contribution in [0.15, 0.2) is 24.3 Å². The Hall–Kier alpha value is -3.28. The molecule has 0 spiro atoms. The fourth-order valence-corrected chi connectivity index (χ4v) is 5.09. The Morgan fingerprint density at radius 1 is 1.11 bits per heavy atom. The third-order valence-corrected chi connectivity index (χ3v) is 7.25. The molecule has 35 heavy (non-hydrogen) atoms. The molecule has 1 aromatic heterocycles. The minimum Gasteiger partial charge on any atom is -0.444 e. The Morgan fingerprint density at radius 2 is 1.74 bits per heavy atom. The zero-order chi connectivity index (χ0) is 25.4. The number of aromatic nitrogens is 2. The van der Waals surface area contributed by atoms with E-state index in [0.29, 0.717) is 38.8 Å². The van der Waals surface area contributed by atoms with Crippen molar-refractivity contribution in [3.63, 3.8) is 0 Å². The minimum absolute atomic E-state index is 0.0227. The normalized spacial score (nSPS) is 17.1. The number of amides is 1. The maximum Gasteiger partial charge on any atom is 0.433 e. The first-order valence-electron chi connectivity index (χ1n) is 11.9. The molecule has 186 valence electrons. The molecule has 0 atom stereocenters. The van der Waals surface area contributed by atoms with E-state index in [4.69, 9.17) is 11.2 Å². The second kappa shape index (κ2) is 9.40. The molecule has 1 aromatic carbocycles. The molecule has 1 amide bonds. The van der Waals surface area contributed by atoms with Crippen LogP contribution in [0.2, 0.25) is 0 Å². The van der Waals surface area contributed by atoms with Crippen LogP contribution >= 0.6 is 0 Å². The van der Waals surface area contributed by atoms with Crippen molar-refractivity contribution in [1.82, 2.24) is 9.97 Å². The summed E-state index contributed by atoms with van der Waals surface area (Å²) in [5.41, 5.74) is 0.139. The summed E-state index contributed by atoms with van der Waals surface area (Å²) in [5, 5.41) is 0. The summed E-state index contributed by atoms with van der Waals surface area (Å²) in [6.07, 6.45) is 2.80. The van der Waals surface area contributed by atoms with Crippen molar-refractivity contribution in [2.45, 2.75) is 70.7 Å². The van der Waals surface area contributed by atoms with Gasteiger partial charge in [0.2, 0.25) is 5.95 Å². The van der Waals surface area contributed by atoms with E-state index < -0.39 is 23.4 Å². The Morgan fingerprint density at radius 3 is 2.34 bits per heavy atom. The van der Waals surface area contributed by atoms with Crippen LogP contribution in [-0.2, 0) is 22.9 Å². The highest BCUT2D eigenvalue weighted by atomic mass is 19.4. The second-order valence-corrected chi connectivity index (χ2v) is 9.05. The van der Waals surface area contributed by atoms with E-state index >= 15 is 0 Å². The first-order chi connectivity index (χ1) is 16.6. The van der Waals surface area contributed by atoms with E-state index in [-0.39, 0.29) is 29.9 Å². The number of alkyl halides is 3. The number of cyclic esters (lactones) is 1. The molecule has 0 aliphatic carbocycles. The molecule has 3 heterocycles. The lowest BCUT2D eigenvalue weighted by molar-refractivity contribution is -0.141. The largest absolute Gasteiger partial charge is 0.444 e. The summed E-state index contributed by atoms with van der Waals surface area (Å²) >= 11 is 0. The van der Waals surface area contributed by atoms with Gasteiger partial charge in [0.15, 0.2) is 5.69 Å². The minimum atomic E-state index is -4.63. The average molecular weight is 487 g/mol. The Balaban J connectivity index is 1.65. The molecule has 1 fully saturated rings. The topological polar surface area (TPSA) is 58.6 Å². The molecule has 1 saturated heterocycles. The first kappa shape index (κ1) is 24.8. The summed E-state index contributed by atoms with van der Waals surface area (Å²) < 4.78 is 47.2. The van der Waals surface area contributed by atoms with Gasteiger partial charge in [-0.15, -0.1) is 6.42 Å². The number of para-hydroxylation sites is 1. The lowest BCUT2D eigenvalue weighted by Crippen LogP contribution is -2.50. The number of hydrogen-bond donors (Lipinski definition) is 0. The first-order valence-corrected chi connectivity index (χ1v) is 11.9.